The van der Waals surface area contributed by atoms with Crippen LogP contribution in [-0.2, 0) is 0 Å². The van der Waals surface area contributed by atoms with Gasteiger partial charge in [-0.2, -0.15) is 4.98 Å². The molecule has 0 amide bonds. The van der Waals surface area contributed by atoms with Gasteiger partial charge in [0.15, 0.2) is 22.5 Å². The molecule has 1 atom stereocenters. The highest BCUT2D eigenvalue weighted by Gasteiger charge is 2.35. The van der Waals surface area contributed by atoms with Crippen molar-refractivity contribution in [1.82, 2.24) is 39.3 Å². The summed E-state index contributed by atoms with van der Waals surface area (Å²) in [4.78, 5) is 20.6. The van der Waals surface area contributed by atoms with Gasteiger partial charge in [-0.1, -0.05) is 13.0 Å². The number of anilines is 1. The van der Waals surface area contributed by atoms with Gasteiger partial charge in [-0.15, -0.1) is 21.5 Å². The van der Waals surface area contributed by atoms with Crippen LogP contribution in [0.5, 0.6) is 0 Å². The third-order valence-electron chi connectivity index (χ3n) is 5.09. The summed E-state index contributed by atoms with van der Waals surface area (Å²) in [6, 6.07) is 0.0465. The molecule has 4 aromatic rings. The summed E-state index contributed by atoms with van der Waals surface area (Å²) in [5.74, 6) is 2.99. The summed E-state index contributed by atoms with van der Waals surface area (Å²) in [6.07, 6.45) is 16.0. The summed E-state index contributed by atoms with van der Waals surface area (Å²) >= 11 is 1.53. The number of aromatic nitrogens is 8. The van der Waals surface area contributed by atoms with Gasteiger partial charge in [-0.05, 0) is 18.6 Å². The maximum Gasteiger partial charge on any atom is 0.237 e. The van der Waals surface area contributed by atoms with E-state index in [9.17, 15) is 0 Å². The van der Waals surface area contributed by atoms with Crippen LogP contribution in [0.2, 0.25) is 0 Å². The molecule has 0 spiro atoms. The first-order valence-electron chi connectivity index (χ1n) is 9.23. The van der Waals surface area contributed by atoms with Crippen LogP contribution < -0.4 is 4.90 Å². The van der Waals surface area contributed by atoms with Crippen molar-refractivity contribution in [3.63, 3.8) is 0 Å². The Morgan fingerprint density at radius 1 is 1.14 bits per heavy atom. The van der Waals surface area contributed by atoms with E-state index in [0.29, 0.717) is 5.95 Å². The van der Waals surface area contributed by atoms with E-state index in [4.69, 9.17) is 4.98 Å². The topological polar surface area (TPSA) is 90.4 Å². The lowest BCUT2D eigenvalue weighted by Crippen LogP contribution is -2.35. The zero-order chi connectivity index (χ0) is 19.4. The molecule has 1 aliphatic carbocycles. The summed E-state index contributed by atoms with van der Waals surface area (Å²) in [5.41, 5.74) is 1.96. The number of imidazole rings is 1. The highest BCUT2D eigenvalue weighted by atomic mass is 32.1. The van der Waals surface area contributed by atoms with Gasteiger partial charge in [0.1, 0.15) is 12.0 Å². The van der Waals surface area contributed by atoms with Crippen LogP contribution in [0, 0.1) is 0 Å². The average molecular weight is 401 g/mol. The van der Waals surface area contributed by atoms with Crippen LogP contribution in [-0.4, -0.2) is 39.3 Å². The number of nitrogens with zero attached hydrogens (tertiary/aromatic N) is 9. The molecule has 10 heteroatoms. The van der Waals surface area contributed by atoms with Crippen molar-refractivity contribution in [2.75, 3.05) is 4.90 Å². The van der Waals surface area contributed by atoms with Gasteiger partial charge in [0.05, 0.1) is 12.2 Å². The fourth-order valence-electron chi connectivity index (χ4n) is 3.71. The average Bonchev–Trinajstić information content (AvgIpc) is 3.46. The molecule has 142 valence electrons. The lowest BCUT2D eigenvalue weighted by Gasteiger charge is -2.38. The van der Waals surface area contributed by atoms with Gasteiger partial charge < -0.3 is 4.90 Å². The number of hydrogen-bond donors (Lipinski definition) is 0. The van der Waals surface area contributed by atoms with Gasteiger partial charge in [-0.3, -0.25) is 9.13 Å². The molecule has 0 aromatic carbocycles. The molecule has 0 N–H and O–H groups in total. The van der Waals surface area contributed by atoms with Crippen LogP contribution in [0.3, 0.4) is 0 Å². The highest BCUT2D eigenvalue weighted by Crippen LogP contribution is 2.41. The molecule has 29 heavy (non-hydrogen) atoms. The van der Waals surface area contributed by atoms with Crippen LogP contribution >= 0.6 is 11.3 Å². The van der Waals surface area contributed by atoms with Crippen LogP contribution in [0.1, 0.15) is 25.2 Å². The molecule has 4 aromatic heterocycles. The standard InChI is InChI=1S/C19H15N9S/c1-2-13-16-25-23-11-27(16)14-10-22-19(24-15(14)28(13)12-4-3-5-12)26-8-6-20-17(26)18-21-7-9-29-18/h3-11,13H,2H2,1H3. The van der Waals surface area contributed by atoms with Crippen molar-refractivity contribution < 1.29 is 0 Å². The third-order valence-corrected chi connectivity index (χ3v) is 5.86. The molecule has 1 unspecified atom stereocenters. The quantitative estimate of drug-likeness (QED) is 0.519. The Labute approximate surface area is 169 Å². The summed E-state index contributed by atoms with van der Waals surface area (Å²) in [6.45, 7) is 2.14. The molecular formula is C19H15N9S. The van der Waals surface area contributed by atoms with Gasteiger partial charge in [-0.25, -0.2) is 15.0 Å². The summed E-state index contributed by atoms with van der Waals surface area (Å²) in [5, 5.41) is 11.2. The number of rotatable bonds is 4. The molecule has 0 fully saturated rings. The third kappa shape index (κ3) is 2.32. The fraction of sp³-hybridized carbons (Fsp3) is 0.158. The van der Waals surface area contributed by atoms with E-state index in [1.165, 1.54) is 11.3 Å². The van der Waals surface area contributed by atoms with E-state index in [1.54, 1.807) is 18.7 Å². The summed E-state index contributed by atoms with van der Waals surface area (Å²) < 4.78 is 3.84. The van der Waals surface area contributed by atoms with Crippen molar-refractivity contribution in [2.45, 2.75) is 19.4 Å². The Morgan fingerprint density at radius 3 is 2.83 bits per heavy atom. The molecule has 0 radical (unpaired) electrons. The first-order chi connectivity index (χ1) is 14.3. The molecule has 5 heterocycles. The first kappa shape index (κ1) is 16.3. The second-order valence-electron chi connectivity index (χ2n) is 6.64. The zero-order valence-corrected chi connectivity index (χ0v) is 16.2. The van der Waals surface area contributed by atoms with Crippen molar-refractivity contribution in [1.29, 1.82) is 0 Å². The van der Waals surface area contributed by atoms with Crippen LogP contribution in [0.15, 0.2) is 60.4 Å². The minimum atomic E-state index is 0.0465. The monoisotopic (exact) mass is 401 g/mol. The first-order valence-corrected chi connectivity index (χ1v) is 10.1. The molecular weight excluding hydrogens is 386 g/mol. The fourth-order valence-corrected chi connectivity index (χ4v) is 4.34. The van der Waals surface area contributed by atoms with Gasteiger partial charge in [0, 0.05) is 29.7 Å². The Balaban J connectivity index is 1.54. The Kier molecular flexibility index (Phi) is 3.47. The van der Waals surface area contributed by atoms with E-state index in [2.05, 4.69) is 49.1 Å². The zero-order valence-electron chi connectivity index (χ0n) is 15.4. The van der Waals surface area contributed by atoms with Gasteiger partial charge in [0.25, 0.3) is 0 Å². The van der Waals surface area contributed by atoms with E-state index >= 15 is 0 Å². The van der Waals surface area contributed by atoms with Crippen molar-refractivity contribution >= 4 is 17.2 Å². The predicted octanol–water partition coefficient (Wildman–Crippen LogP) is 3.09. The molecule has 0 saturated heterocycles. The minimum absolute atomic E-state index is 0.0465. The summed E-state index contributed by atoms with van der Waals surface area (Å²) in [7, 11) is 0. The molecule has 0 bridgehead atoms. The van der Waals surface area contributed by atoms with E-state index in [0.717, 1.165) is 40.3 Å². The number of hydrogen-bond acceptors (Lipinski definition) is 8. The molecule has 2 aliphatic rings. The van der Waals surface area contributed by atoms with Gasteiger partial charge in [0.2, 0.25) is 5.95 Å². The van der Waals surface area contributed by atoms with E-state index in [-0.39, 0.29) is 6.04 Å². The Morgan fingerprint density at radius 2 is 2.07 bits per heavy atom. The smallest absolute Gasteiger partial charge is 0.237 e. The van der Waals surface area contributed by atoms with E-state index in [1.807, 2.05) is 33.0 Å². The number of thiazole rings is 1. The second kappa shape index (κ2) is 6.17. The molecule has 0 saturated carbocycles. The lowest BCUT2D eigenvalue weighted by atomic mass is 10.1. The maximum atomic E-state index is 4.95. The van der Waals surface area contributed by atoms with Crippen molar-refractivity contribution in [2.24, 2.45) is 0 Å². The minimum Gasteiger partial charge on any atom is -0.314 e. The maximum absolute atomic E-state index is 4.95. The highest BCUT2D eigenvalue weighted by molar-refractivity contribution is 7.13. The van der Waals surface area contributed by atoms with Crippen LogP contribution in [0.25, 0.3) is 22.5 Å². The Hall–Kier alpha value is -3.66. The predicted molar refractivity (Wildman–Crippen MR) is 108 cm³/mol. The number of fused-ring (bicyclic) bond motifs is 3. The van der Waals surface area contributed by atoms with Crippen molar-refractivity contribution in [3.8, 4) is 22.5 Å². The SMILES string of the molecule is CCC1c2nncn2-c2cnc(-n3ccnc3-c3nccs3)nc2N1C1=CC=C1. The molecule has 9 nitrogen and oxygen atoms in total. The van der Waals surface area contributed by atoms with Gasteiger partial charge >= 0.3 is 0 Å². The largest absolute Gasteiger partial charge is 0.314 e. The van der Waals surface area contributed by atoms with E-state index < -0.39 is 0 Å². The lowest BCUT2D eigenvalue weighted by molar-refractivity contribution is 0.574. The Bertz CT molecular complexity index is 1260. The van der Waals surface area contributed by atoms with Crippen molar-refractivity contribution in [3.05, 3.63) is 66.2 Å². The normalized spacial score (nSPS) is 16.9. The number of allylic oxidation sites excluding steroid dienone is 3. The second-order valence-corrected chi connectivity index (χ2v) is 7.54. The molecule has 6 rings (SSSR count). The molecule has 1 aliphatic heterocycles. The van der Waals surface area contributed by atoms with Crippen LogP contribution in [0.4, 0.5) is 5.82 Å².